The maximum Gasteiger partial charge on any atom is 0.268 e. The lowest BCUT2D eigenvalue weighted by molar-refractivity contribution is -0.125. The minimum Gasteiger partial charge on any atom is -0.398 e. The van der Waals surface area contributed by atoms with Crippen molar-refractivity contribution in [3.8, 4) is 0 Å². The number of anilines is 1. The Bertz CT molecular complexity index is 478. The summed E-state index contributed by atoms with van der Waals surface area (Å²) < 4.78 is 0. The first-order valence-corrected chi connectivity index (χ1v) is 5.23. The van der Waals surface area contributed by atoms with Gasteiger partial charge in [-0.15, -0.1) is 0 Å². The number of nitrogens with two attached hydrogens (primary N) is 1. The van der Waals surface area contributed by atoms with E-state index in [2.05, 4.69) is 15.6 Å². The van der Waals surface area contributed by atoms with Gasteiger partial charge in [-0.25, -0.2) is 5.48 Å². The second-order valence-electron chi connectivity index (χ2n) is 3.54. The Balaban J connectivity index is 2.09. The molecule has 0 radical (unpaired) electrons. The van der Waals surface area contributed by atoms with Crippen molar-refractivity contribution in [3.05, 3.63) is 28.8 Å². The van der Waals surface area contributed by atoms with Crippen LogP contribution in [-0.4, -0.2) is 24.5 Å². The standard InChI is InChI=1S/C10H10ClN3O3/c11-6-3-5(1-2-7(6)12)9(15)13-8-4-17-14-10(8)16/h1-3,8H,4,12H2,(H,13,15)(H,14,16)/t8-/m1/s1. The molecule has 6 nitrogen and oxygen atoms in total. The highest BCUT2D eigenvalue weighted by Gasteiger charge is 2.27. The third-order valence-electron chi connectivity index (χ3n) is 2.31. The first kappa shape index (κ1) is 11.7. The highest BCUT2D eigenvalue weighted by molar-refractivity contribution is 6.33. The molecule has 1 fully saturated rings. The second-order valence-corrected chi connectivity index (χ2v) is 3.95. The van der Waals surface area contributed by atoms with Gasteiger partial charge in [0.15, 0.2) is 0 Å². The molecule has 1 aliphatic rings. The third-order valence-corrected chi connectivity index (χ3v) is 2.63. The zero-order valence-corrected chi connectivity index (χ0v) is 9.45. The van der Waals surface area contributed by atoms with Gasteiger partial charge in [-0.05, 0) is 18.2 Å². The number of halogens is 1. The largest absolute Gasteiger partial charge is 0.398 e. The Morgan fingerprint density at radius 2 is 2.35 bits per heavy atom. The third kappa shape index (κ3) is 2.48. The molecule has 0 unspecified atom stereocenters. The lowest BCUT2D eigenvalue weighted by atomic mass is 10.2. The molecule has 0 spiro atoms. The summed E-state index contributed by atoms with van der Waals surface area (Å²) in [6.45, 7) is 0.104. The molecule has 2 rings (SSSR count). The van der Waals surface area contributed by atoms with Crippen molar-refractivity contribution in [2.45, 2.75) is 6.04 Å². The molecule has 1 saturated heterocycles. The average Bonchev–Trinajstić information content (AvgIpc) is 2.68. The van der Waals surface area contributed by atoms with Crippen molar-refractivity contribution in [1.82, 2.24) is 10.8 Å². The molecule has 0 bridgehead atoms. The van der Waals surface area contributed by atoms with Crippen LogP contribution in [0.5, 0.6) is 0 Å². The average molecular weight is 256 g/mol. The number of hydrogen-bond acceptors (Lipinski definition) is 4. The predicted molar refractivity (Wildman–Crippen MR) is 61.2 cm³/mol. The topological polar surface area (TPSA) is 93.5 Å². The fourth-order valence-corrected chi connectivity index (χ4v) is 1.54. The van der Waals surface area contributed by atoms with Crippen molar-refractivity contribution in [2.75, 3.05) is 12.3 Å². The summed E-state index contributed by atoms with van der Waals surface area (Å²) in [5, 5.41) is 2.81. The molecule has 1 aromatic carbocycles. The van der Waals surface area contributed by atoms with Gasteiger partial charge >= 0.3 is 0 Å². The lowest BCUT2D eigenvalue weighted by Gasteiger charge is -2.09. The highest BCUT2D eigenvalue weighted by Crippen LogP contribution is 2.19. The molecule has 17 heavy (non-hydrogen) atoms. The van der Waals surface area contributed by atoms with E-state index >= 15 is 0 Å². The molecule has 0 aliphatic carbocycles. The number of hydrogen-bond donors (Lipinski definition) is 3. The zero-order valence-electron chi connectivity index (χ0n) is 8.70. The summed E-state index contributed by atoms with van der Waals surface area (Å²) in [6, 6.07) is 3.82. The molecule has 1 heterocycles. The van der Waals surface area contributed by atoms with E-state index in [1.54, 1.807) is 0 Å². The summed E-state index contributed by atoms with van der Waals surface area (Å²) in [6.07, 6.45) is 0. The van der Waals surface area contributed by atoms with Gasteiger partial charge < -0.3 is 11.1 Å². The fraction of sp³-hybridized carbons (Fsp3) is 0.200. The minimum absolute atomic E-state index is 0.104. The summed E-state index contributed by atoms with van der Waals surface area (Å²) in [7, 11) is 0. The number of rotatable bonds is 2. The van der Waals surface area contributed by atoms with E-state index in [9.17, 15) is 9.59 Å². The van der Waals surface area contributed by atoms with E-state index < -0.39 is 11.9 Å². The first-order chi connectivity index (χ1) is 8.08. The van der Waals surface area contributed by atoms with Crippen LogP contribution in [0.15, 0.2) is 18.2 Å². The number of nitrogen functional groups attached to an aromatic ring is 1. The molecule has 0 aromatic heterocycles. The van der Waals surface area contributed by atoms with Gasteiger partial charge in [-0.3, -0.25) is 14.4 Å². The lowest BCUT2D eigenvalue weighted by Crippen LogP contribution is -2.41. The number of benzene rings is 1. The van der Waals surface area contributed by atoms with Gasteiger partial charge in [0.05, 0.1) is 10.7 Å². The second kappa shape index (κ2) is 4.60. The number of amides is 2. The fourth-order valence-electron chi connectivity index (χ4n) is 1.36. The van der Waals surface area contributed by atoms with Crippen LogP contribution in [-0.2, 0) is 9.63 Å². The van der Waals surface area contributed by atoms with Crippen LogP contribution in [0, 0.1) is 0 Å². The van der Waals surface area contributed by atoms with Crippen LogP contribution in [0.25, 0.3) is 0 Å². The van der Waals surface area contributed by atoms with Gasteiger partial charge in [0.25, 0.3) is 11.8 Å². The van der Waals surface area contributed by atoms with Crippen LogP contribution < -0.4 is 16.5 Å². The van der Waals surface area contributed by atoms with E-state index in [0.29, 0.717) is 16.3 Å². The summed E-state index contributed by atoms with van der Waals surface area (Å²) in [4.78, 5) is 27.6. The van der Waals surface area contributed by atoms with Crippen molar-refractivity contribution in [2.24, 2.45) is 0 Å². The van der Waals surface area contributed by atoms with Crippen molar-refractivity contribution >= 4 is 29.1 Å². The molecule has 7 heteroatoms. The maximum atomic E-state index is 11.8. The summed E-state index contributed by atoms with van der Waals surface area (Å²) >= 11 is 5.79. The minimum atomic E-state index is -0.682. The molecule has 1 atom stereocenters. The van der Waals surface area contributed by atoms with E-state index in [1.807, 2.05) is 0 Å². The van der Waals surface area contributed by atoms with Crippen molar-refractivity contribution in [3.63, 3.8) is 0 Å². The molecule has 0 saturated carbocycles. The molecule has 90 valence electrons. The summed E-state index contributed by atoms with van der Waals surface area (Å²) in [5.41, 5.74) is 8.40. The van der Waals surface area contributed by atoms with E-state index in [-0.39, 0.29) is 12.5 Å². The van der Waals surface area contributed by atoms with Gasteiger partial charge in [-0.2, -0.15) is 0 Å². The van der Waals surface area contributed by atoms with Crippen LogP contribution in [0.4, 0.5) is 5.69 Å². The quantitative estimate of drug-likeness (QED) is 0.653. The predicted octanol–water partition coefficient (Wildman–Crippen LogP) is 0.0820. The van der Waals surface area contributed by atoms with Gasteiger partial charge in [0.1, 0.15) is 12.6 Å². The molecule has 4 N–H and O–H groups in total. The van der Waals surface area contributed by atoms with Gasteiger partial charge in [0.2, 0.25) is 0 Å². The van der Waals surface area contributed by atoms with E-state index in [0.717, 1.165) is 0 Å². The Kier molecular flexibility index (Phi) is 3.16. The van der Waals surface area contributed by atoms with Crippen molar-refractivity contribution < 1.29 is 14.4 Å². The first-order valence-electron chi connectivity index (χ1n) is 4.85. The van der Waals surface area contributed by atoms with Gasteiger partial charge in [0, 0.05) is 5.56 Å². The van der Waals surface area contributed by atoms with Crippen LogP contribution >= 0.6 is 11.6 Å². The molecule has 2 amide bonds. The molecular formula is C10H10ClN3O3. The summed E-state index contributed by atoms with van der Waals surface area (Å²) in [5.74, 6) is -0.780. The Morgan fingerprint density at radius 1 is 1.59 bits per heavy atom. The number of hydroxylamine groups is 1. The number of carbonyl (C=O) groups excluding carboxylic acids is 2. The Hall–Kier alpha value is -1.79. The molecule has 1 aromatic rings. The van der Waals surface area contributed by atoms with Gasteiger partial charge in [-0.1, -0.05) is 11.6 Å². The maximum absolute atomic E-state index is 11.8. The van der Waals surface area contributed by atoms with E-state index in [4.69, 9.17) is 17.3 Å². The monoisotopic (exact) mass is 255 g/mol. The number of carbonyl (C=O) groups is 2. The molecule has 1 aliphatic heterocycles. The SMILES string of the molecule is Nc1ccc(C(=O)N[C@@H]2CONC2=O)cc1Cl. The number of nitrogens with one attached hydrogen (secondary N) is 2. The zero-order chi connectivity index (χ0) is 12.4. The van der Waals surface area contributed by atoms with Crippen LogP contribution in [0.1, 0.15) is 10.4 Å². The van der Waals surface area contributed by atoms with Crippen LogP contribution in [0.2, 0.25) is 5.02 Å². The smallest absolute Gasteiger partial charge is 0.268 e. The van der Waals surface area contributed by atoms with Crippen molar-refractivity contribution in [1.29, 1.82) is 0 Å². The Labute approximate surface area is 102 Å². The highest BCUT2D eigenvalue weighted by atomic mass is 35.5. The Morgan fingerprint density at radius 3 is 2.94 bits per heavy atom. The van der Waals surface area contributed by atoms with Crippen LogP contribution in [0.3, 0.4) is 0 Å². The normalized spacial score (nSPS) is 18.9. The molecular weight excluding hydrogens is 246 g/mol. The van der Waals surface area contributed by atoms with E-state index in [1.165, 1.54) is 18.2 Å².